The first-order valence-electron chi connectivity index (χ1n) is 5.93. The standard InChI is InChI=1S/C12H16BrN3O2/c1-9-6-10(13)12(18)16(7-9)8-11(17)15-4-2-14-3-5-15/h6-7,14H,2-5,8H2,1H3. The molecule has 1 saturated heterocycles. The molecule has 5 nitrogen and oxygen atoms in total. The van der Waals surface area contributed by atoms with Crippen LogP contribution in [0.25, 0.3) is 0 Å². The van der Waals surface area contributed by atoms with Crippen LogP contribution in [-0.4, -0.2) is 41.6 Å². The van der Waals surface area contributed by atoms with Gasteiger partial charge in [0.1, 0.15) is 6.54 Å². The monoisotopic (exact) mass is 313 g/mol. The van der Waals surface area contributed by atoms with Crippen LogP contribution < -0.4 is 10.9 Å². The van der Waals surface area contributed by atoms with Gasteiger partial charge in [-0.3, -0.25) is 9.59 Å². The molecule has 0 radical (unpaired) electrons. The molecule has 2 heterocycles. The minimum atomic E-state index is -0.163. The molecule has 1 amide bonds. The van der Waals surface area contributed by atoms with Gasteiger partial charge in [0.15, 0.2) is 0 Å². The highest BCUT2D eigenvalue weighted by atomic mass is 79.9. The minimum Gasteiger partial charge on any atom is -0.339 e. The van der Waals surface area contributed by atoms with Crippen LogP contribution in [0.4, 0.5) is 0 Å². The minimum absolute atomic E-state index is 0.00361. The summed E-state index contributed by atoms with van der Waals surface area (Å²) in [6.07, 6.45) is 1.72. The molecule has 1 aliphatic heterocycles. The SMILES string of the molecule is Cc1cc(Br)c(=O)n(CC(=O)N2CCNCC2)c1. The summed E-state index contributed by atoms with van der Waals surface area (Å²) in [7, 11) is 0. The molecule has 1 aromatic heterocycles. The van der Waals surface area contributed by atoms with Gasteiger partial charge in [-0.25, -0.2) is 0 Å². The molecule has 0 saturated carbocycles. The number of nitrogens with zero attached hydrogens (tertiary/aromatic N) is 2. The molecule has 0 aliphatic carbocycles. The highest BCUT2D eigenvalue weighted by Crippen LogP contribution is 2.06. The number of carbonyl (C=O) groups is 1. The summed E-state index contributed by atoms with van der Waals surface area (Å²) in [5.74, 6) is -0.00361. The van der Waals surface area contributed by atoms with E-state index in [9.17, 15) is 9.59 Å². The quantitative estimate of drug-likeness (QED) is 0.857. The Hall–Kier alpha value is -1.14. The molecule has 1 aliphatic rings. The second-order valence-electron chi connectivity index (χ2n) is 4.43. The number of amides is 1. The third kappa shape index (κ3) is 3.00. The third-order valence-corrected chi connectivity index (χ3v) is 3.52. The maximum Gasteiger partial charge on any atom is 0.265 e. The third-order valence-electron chi connectivity index (χ3n) is 2.95. The number of hydrogen-bond acceptors (Lipinski definition) is 3. The average molecular weight is 314 g/mol. The van der Waals surface area contributed by atoms with Crippen LogP contribution in [0.2, 0.25) is 0 Å². The van der Waals surface area contributed by atoms with E-state index in [1.165, 1.54) is 4.57 Å². The Morgan fingerprint density at radius 3 is 2.78 bits per heavy atom. The molecular formula is C12H16BrN3O2. The van der Waals surface area contributed by atoms with E-state index in [1.807, 2.05) is 6.92 Å². The van der Waals surface area contributed by atoms with E-state index in [4.69, 9.17) is 0 Å². The summed E-state index contributed by atoms with van der Waals surface area (Å²) >= 11 is 3.21. The van der Waals surface area contributed by atoms with Crippen LogP contribution in [0.5, 0.6) is 0 Å². The van der Waals surface area contributed by atoms with Gasteiger partial charge < -0.3 is 14.8 Å². The highest BCUT2D eigenvalue weighted by molar-refractivity contribution is 9.10. The van der Waals surface area contributed by atoms with Gasteiger partial charge in [0, 0.05) is 32.4 Å². The van der Waals surface area contributed by atoms with Gasteiger partial charge in [-0.05, 0) is 34.5 Å². The zero-order valence-corrected chi connectivity index (χ0v) is 11.9. The molecule has 18 heavy (non-hydrogen) atoms. The number of aromatic nitrogens is 1. The van der Waals surface area contributed by atoms with Gasteiger partial charge >= 0.3 is 0 Å². The molecule has 0 unspecified atom stereocenters. The molecular weight excluding hydrogens is 298 g/mol. The Morgan fingerprint density at radius 2 is 2.11 bits per heavy atom. The molecule has 0 spiro atoms. The molecule has 1 N–H and O–H groups in total. The normalized spacial score (nSPS) is 15.8. The Labute approximate surface area is 114 Å². The second-order valence-corrected chi connectivity index (χ2v) is 5.28. The summed E-state index contributed by atoms with van der Waals surface area (Å²) in [5.41, 5.74) is 0.790. The fourth-order valence-corrected chi connectivity index (χ4v) is 2.61. The number of nitrogens with one attached hydrogen (secondary N) is 1. The van der Waals surface area contributed by atoms with Crippen molar-refractivity contribution in [2.75, 3.05) is 26.2 Å². The number of rotatable bonds is 2. The maximum absolute atomic E-state index is 12.1. The van der Waals surface area contributed by atoms with Gasteiger partial charge in [0.2, 0.25) is 5.91 Å². The Bertz CT molecular complexity index is 507. The van der Waals surface area contributed by atoms with E-state index in [2.05, 4.69) is 21.2 Å². The molecule has 0 aromatic carbocycles. The van der Waals surface area contributed by atoms with Crippen LogP contribution in [0.3, 0.4) is 0 Å². The first-order valence-corrected chi connectivity index (χ1v) is 6.72. The molecule has 6 heteroatoms. The van der Waals surface area contributed by atoms with Gasteiger partial charge in [-0.2, -0.15) is 0 Å². The predicted molar refractivity (Wildman–Crippen MR) is 72.6 cm³/mol. The van der Waals surface area contributed by atoms with Gasteiger partial charge in [-0.15, -0.1) is 0 Å². The average Bonchev–Trinajstić information content (AvgIpc) is 2.36. The maximum atomic E-state index is 12.1. The number of piperazine rings is 1. The van der Waals surface area contributed by atoms with Crippen LogP contribution in [0.1, 0.15) is 5.56 Å². The van der Waals surface area contributed by atoms with E-state index in [1.54, 1.807) is 17.2 Å². The highest BCUT2D eigenvalue weighted by Gasteiger charge is 2.17. The summed E-state index contributed by atoms with van der Waals surface area (Å²) < 4.78 is 1.96. The van der Waals surface area contributed by atoms with Gasteiger partial charge in [-0.1, -0.05) is 0 Å². The summed E-state index contributed by atoms with van der Waals surface area (Å²) in [6, 6.07) is 1.76. The fourth-order valence-electron chi connectivity index (χ4n) is 2.02. The molecule has 0 atom stereocenters. The van der Waals surface area contributed by atoms with Crippen molar-refractivity contribution in [3.05, 3.63) is 32.7 Å². The number of aryl methyl sites for hydroxylation is 1. The largest absolute Gasteiger partial charge is 0.339 e. The number of halogens is 1. The van der Waals surface area contributed by atoms with Crippen LogP contribution in [0.15, 0.2) is 21.5 Å². The van der Waals surface area contributed by atoms with Crippen LogP contribution in [-0.2, 0) is 11.3 Å². The lowest BCUT2D eigenvalue weighted by Gasteiger charge is -2.27. The van der Waals surface area contributed by atoms with E-state index in [0.717, 1.165) is 18.7 Å². The fraction of sp³-hybridized carbons (Fsp3) is 0.500. The van der Waals surface area contributed by atoms with Crippen molar-refractivity contribution in [1.29, 1.82) is 0 Å². The van der Waals surface area contributed by atoms with Crippen molar-refractivity contribution >= 4 is 21.8 Å². The Kier molecular flexibility index (Phi) is 4.19. The Morgan fingerprint density at radius 1 is 1.44 bits per heavy atom. The van der Waals surface area contributed by atoms with Gasteiger partial charge in [0.05, 0.1) is 4.47 Å². The summed E-state index contributed by atoms with van der Waals surface area (Å²) in [5, 5.41) is 3.19. The zero-order valence-electron chi connectivity index (χ0n) is 10.3. The predicted octanol–water partition coefficient (Wildman–Crippen LogP) is 0.351. The van der Waals surface area contributed by atoms with E-state index in [0.29, 0.717) is 17.6 Å². The lowest BCUT2D eigenvalue weighted by Crippen LogP contribution is -2.48. The van der Waals surface area contributed by atoms with Crippen LogP contribution in [0, 0.1) is 6.92 Å². The van der Waals surface area contributed by atoms with Crippen molar-refractivity contribution in [3.8, 4) is 0 Å². The molecule has 2 rings (SSSR count). The van der Waals surface area contributed by atoms with E-state index < -0.39 is 0 Å². The van der Waals surface area contributed by atoms with Crippen molar-refractivity contribution in [3.63, 3.8) is 0 Å². The Balaban J connectivity index is 2.13. The zero-order chi connectivity index (χ0) is 13.1. The van der Waals surface area contributed by atoms with Gasteiger partial charge in [0.25, 0.3) is 5.56 Å². The van der Waals surface area contributed by atoms with Crippen molar-refractivity contribution in [2.24, 2.45) is 0 Å². The molecule has 98 valence electrons. The smallest absolute Gasteiger partial charge is 0.265 e. The van der Waals surface area contributed by atoms with E-state index in [-0.39, 0.29) is 18.0 Å². The second kappa shape index (κ2) is 5.67. The topological polar surface area (TPSA) is 54.3 Å². The number of carbonyl (C=O) groups excluding carboxylic acids is 1. The van der Waals surface area contributed by atoms with Crippen LogP contribution >= 0.6 is 15.9 Å². The van der Waals surface area contributed by atoms with Crippen molar-refractivity contribution < 1.29 is 4.79 Å². The summed E-state index contributed by atoms with van der Waals surface area (Å²) in [4.78, 5) is 25.7. The number of hydrogen-bond donors (Lipinski definition) is 1. The summed E-state index contributed by atoms with van der Waals surface area (Å²) in [6.45, 7) is 5.06. The first-order chi connectivity index (χ1) is 8.58. The van der Waals surface area contributed by atoms with Crippen molar-refractivity contribution in [2.45, 2.75) is 13.5 Å². The first kappa shape index (κ1) is 13.3. The molecule has 1 aromatic rings. The van der Waals surface area contributed by atoms with E-state index >= 15 is 0 Å². The molecule has 0 bridgehead atoms. The molecule has 1 fully saturated rings. The number of pyridine rings is 1. The van der Waals surface area contributed by atoms with Crippen molar-refractivity contribution in [1.82, 2.24) is 14.8 Å². The lowest BCUT2D eigenvalue weighted by atomic mass is 10.3. The lowest BCUT2D eigenvalue weighted by molar-refractivity contribution is -0.132.